The summed E-state index contributed by atoms with van der Waals surface area (Å²) < 4.78 is 5.43. The normalized spacial score (nSPS) is 26.9. The smallest absolute Gasteiger partial charge is 0.315 e. The van der Waals surface area contributed by atoms with Gasteiger partial charge < -0.3 is 15.5 Å². The predicted molar refractivity (Wildman–Crippen MR) is 65.5 cm³/mol. The lowest BCUT2D eigenvalue weighted by atomic mass is 10.2. The van der Waals surface area contributed by atoms with Crippen molar-refractivity contribution >= 4 is 17.8 Å². The lowest BCUT2D eigenvalue weighted by Crippen LogP contribution is -2.25. The van der Waals surface area contributed by atoms with Crippen molar-refractivity contribution in [1.29, 1.82) is 0 Å². The first-order valence-corrected chi connectivity index (χ1v) is 6.88. The molecule has 90 valence electrons. The molecule has 0 spiro atoms. The molecule has 0 saturated heterocycles. The molecule has 0 radical (unpaired) electrons. The van der Waals surface area contributed by atoms with Gasteiger partial charge in [0.05, 0.1) is 6.04 Å². The fourth-order valence-corrected chi connectivity index (χ4v) is 2.94. The van der Waals surface area contributed by atoms with Crippen LogP contribution in [0, 0.1) is 0 Å². The van der Waals surface area contributed by atoms with Crippen LogP contribution in [-0.4, -0.2) is 27.7 Å². The van der Waals surface area contributed by atoms with Crippen LogP contribution >= 0.6 is 11.8 Å². The number of thioether (sulfide) groups is 1. The van der Waals surface area contributed by atoms with Gasteiger partial charge in [0.25, 0.3) is 0 Å². The molecule has 1 aliphatic carbocycles. The van der Waals surface area contributed by atoms with Crippen LogP contribution < -0.4 is 11.1 Å². The van der Waals surface area contributed by atoms with Crippen molar-refractivity contribution in [1.82, 2.24) is 10.2 Å². The fourth-order valence-electron chi connectivity index (χ4n) is 2.01. The van der Waals surface area contributed by atoms with Gasteiger partial charge in [0.2, 0.25) is 5.89 Å². The number of nitrogens with two attached hydrogens (primary N) is 1. The van der Waals surface area contributed by atoms with Crippen LogP contribution in [-0.2, 0) is 0 Å². The SMILES string of the molecule is CSC1CCCC1Nc1nnc(C(C)N)o1. The van der Waals surface area contributed by atoms with Gasteiger partial charge >= 0.3 is 6.01 Å². The highest BCUT2D eigenvalue weighted by atomic mass is 32.2. The second kappa shape index (κ2) is 5.05. The van der Waals surface area contributed by atoms with E-state index in [0.29, 0.717) is 23.2 Å². The van der Waals surface area contributed by atoms with E-state index < -0.39 is 0 Å². The zero-order valence-corrected chi connectivity index (χ0v) is 10.5. The number of aromatic nitrogens is 2. The third-order valence-corrected chi connectivity index (χ3v) is 4.06. The molecule has 1 saturated carbocycles. The van der Waals surface area contributed by atoms with E-state index in [1.165, 1.54) is 19.3 Å². The second-order valence-electron chi connectivity index (χ2n) is 4.19. The average Bonchev–Trinajstić information content (AvgIpc) is 2.87. The summed E-state index contributed by atoms with van der Waals surface area (Å²) in [6, 6.07) is 0.734. The van der Waals surface area contributed by atoms with Crippen molar-refractivity contribution < 1.29 is 4.42 Å². The molecule has 1 aromatic heterocycles. The van der Waals surface area contributed by atoms with Gasteiger partial charge in [-0.3, -0.25) is 0 Å². The zero-order chi connectivity index (χ0) is 11.5. The number of nitrogens with zero attached hydrogens (tertiary/aromatic N) is 2. The Morgan fingerprint density at radius 3 is 2.94 bits per heavy atom. The topological polar surface area (TPSA) is 77.0 Å². The molecule has 0 aromatic carbocycles. The highest BCUT2D eigenvalue weighted by Crippen LogP contribution is 2.30. The van der Waals surface area contributed by atoms with Gasteiger partial charge in [0.1, 0.15) is 0 Å². The van der Waals surface area contributed by atoms with Gasteiger partial charge in [-0.05, 0) is 26.0 Å². The largest absolute Gasteiger partial charge is 0.406 e. The Morgan fingerprint density at radius 1 is 1.50 bits per heavy atom. The summed E-state index contributed by atoms with van der Waals surface area (Å²) in [6.07, 6.45) is 5.83. The predicted octanol–water partition coefficient (Wildman–Crippen LogP) is 1.79. The molecule has 0 aliphatic heterocycles. The Bertz CT molecular complexity index is 341. The Morgan fingerprint density at radius 2 is 2.31 bits per heavy atom. The van der Waals surface area contributed by atoms with Crippen LogP contribution in [0.2, 0.25) is 0 Å². The van der Waals surface area contributed by atoms with Crippen molar-refractivity contribution in [2.24, 2.45) is 5.73 Å². The monoisotopic (exact) mass is 242 g/mol. The van der Waals surface area contributed by atoms with Crippen LogP contribution in [0.4, 0.5) is 6.01 Å². The van der Waals surface area contributed by atoms with Gasteiger partial charge in [-0.1, -0.05) is 11.5 Å². The summed E-state index contributed by atoms with van der Waals surface area (Å²) in [5.41, 5.74) is 5.66. The number of anilines is 1. The summed E-state index contributed by atoms with van der Waals surface area (Å²) in [5, 5.41) is 11.8. The van der Waals surface area contributed by atoms with Crippen molar-refractivity contribution in [2.75, 3.05) is 11.6 Å². The minimum Gasteiger partial charge on any atom is -0.406 e. The molecule has 1 heterocycles. The van der Waals surface area contributed by atoms with Crippen LogP contribution in [0.15, 0.2) is 4.42 Å². The van der Waals surface area contributed by atoms with E-state index in [2.05, 4.69) is 21.8 Å². The molecule has 2 rings (SSSR count). The third-order valence-electron chi connectivity index (χ3n) is 2.89. The maximum Gasteiger partial charge on any atom is 0.315 e. The molecule has 16 heavy (non-hydrogen) atoms. The molecular formula is C10H18N4OS. The van der Waals surface area contributed by atoms with Crippen molar-refractivity contribution in [3.63, 3.8) is 0 Å². The standard InChI is InChI=1S/C10H18N4OS/c1-6(11)9-13-14-10(15-9)12-7-4-3-5-8(7)16-2/h6-8H,3-5,11H2,1-2H3,(H,12,14). The van der Waals surface area contributed by atoms with Gasteiger partial charge in [-0.2, -0.15) is 11.8 Å². The van der Waals surface area contributed by atoms with Crippen LogP contribution in [0.5, 0.6) is 0 Å². The average molecular weight is 242 g/mol. The molecule has 5 nitrogen and oxygen atoms in total. The van der Waals surface area contributed by atoms with E-state index in [1.807, 2.05) is 18.7 Å². The Balaban J connectivity index is 1.97. The number of hydrogen-bond donors (Lipinski definition) is 2. The van der Waals surface area contributed by atoms with Crippen molar-refractivity contribution in [3.05, 3.63) is 5.89 Å². The van der Waals surface area contributed by atoms with E-state index in [-0.39, 0.29) is 6.04 Å². The van der Waals surface area contributed by atoms with Crippen LogP contribution in [0.25, 0.3) is 0 Å². The lowest BCUT2D eigenvalue weighted by Gasteiger charge is -2.17. The summed E-state index contributed by atoms with van der Waals surface area (Å²) in [5.74, 6) is 0.487. The molecule has 3 atom stereocenters. The summed E-state index contributed by atoms with van der Waals surface area (Å²) in [6.45, 7) is 1.83. The van der Waals surface area contributed by atoms with Gasteiger partial charge in [-0.25, -0.2) is 0 Å². The Hall–Kier alpha value is -0.750. The van der Waals surface area contributed by atoms with E-state index in [4.69, 9.17) is 10.2 Å². The number of rotatable bonds is 4. The minimum atomic E-state index is -0.206. The molecule has 1 aromatic rings. The highest BCUT2D eigenvalue weighted by molar-refractivity contribution is 7.99. The summed E-state index contributed by atoms with van der Waals surface area (Å²) >= 11 is 1.90. The molecular weight excluding hydrogens is 224 g/mol. The van der Waals surface area contributed by atoms with E-state index in [0.717, 1.165) is 0 Å². The van der Waals surface area contributed by atoms with Crippen molar-refractivity contribution in [3.8, 4) is 0 Å². The first-order chi connectivity index (χ1) is 7.70. The van der Waals surface area contributed by atoms with Crippen LogP contribution in [0.3, 0.4) is 0 Å². The van der Waals surface area contributed by atoms with E-state index in [1.54, 1.807) is 0 Å². The Labute approximate surface area is 99.6 Å². The first kappa shape index (κ1) is 11.7. The minimum absolute atomic E-state index is 0.206. The quantitative estimate of drug-likeness (QED) is 0.838. The van der Waals surface area contributed by atoms with Crippen molar-refractivity contribution in [2.45, 2.75) is 43.5 Å². The molecule has 3 unspecified atom stereocenters. The Kier molecular flexibility index (Phi) is 3.70. The lowest BCUT2D eigenvalue weighted by molar-refractivity contribution is 0.468. The zero-order valence-electron chi connectivity index (χ0n) is 9.64. The van der Waals surface area contributed by atoms with E-state index in [9.17, 15) is 0 Å². The molecule has 1 fully saturated rings. The van der Waals surface area contributed by atoms with Crippen LogP contribution in [0.1, 0.15) is 38.1 Å². The molecule has 1 aliphatic rings. The third kappa shape index (κ3) is 2.49. The molecule has 6 heteroatoms. The maximum atomic E-state index is 5.66. The summed E-state index contributed by atoms with van der Waals surface area (Å²) in [7, 11) is 0. The van der Waals surface area contributed by atoms with Gasteiger partial charge in [0, 0.05) is 11.3 Å². The maximum absolute atomic E-state index is 5.66. The first-order valence-electron chi connectivity index (χ1n) is 5.59. The highest BCUT2D eigenvalue weighted by Gasteiger charge is 2.27. The molecule has 0 amide bonds. The van der Waals surface area contributed by atoms with E-state index >= 15 is 0 Å². The molecule has 3 N–H and O–H groups in total. The van der Waals surface area contributed by atoms with Gasteiger partial charge in [0.15, 0.2) is 0 Å². The number of nitrogens with one attached hydrogen (secondary N) is 1. The second-order valence-corrected chi connectivity index (χ2v) is 5.27. The number of hydrogen-bond acceptors (Lipinski definition) is 6. The molecule has 0 bridgehead atoms. The van der Waals surface area contributed by atoms with Gasteiger partial charge in [-0.15, -0.1) is 5.10 Å². The fraction of sp³-hybridized carbons (Fsp3) is 0.800. The summed E-state index contributed by atoms with van der Waals surface area (Å²) in [4.78, 5) is 0.